The van der Waals surface area contributed by atoms with E-state index in [2.05, 4.69) is 0 Å². The molecule has 0 N–H and O–H groups in total. The van der Waals surface area contributed by atoms with Crippen LogP contribution in [0.4, 0.5) is 0 Å². The zero-order valence-electron chi connectivity index (χ0n) is 16.2. The highest BCUT2D eigenvalue weighted by Crippen LogP contribution is 2.38. The van der Waals surface area contributed by atoms with E-state index in [9.17, 15) is 9.59 Å². The highest BCUT2D eigenvalue weighted by atomic mass is 16.5. The lowest BCUT2D eigenvalue weighted by molar-refractivity contribution is -0.145. The molecule has 144 valence electrons. The van der Waals surface area contributed by atoms with E-state index in [1.54, 1.807) is 31.2 Å². The van der Waals surface area contributed by atoms with Crippen LogP contribution in [0.15, 0.2) is 36.4 Å². The minimum absolute atomic E-state index is 0.0256. The fourth-order valence-electron chi connectivity index (χ4n) is 2.65. The fraction of sp³-hybridized carbons (Fsp3) is 0.333. The first-order valence-corrected chi connectivity index (χ1v) is 8.48. The summed E-state index contributed by atoms with van der Waals surface area (Å²) in [5.74, 6) is 0.581. The molecule has 0 heterocycles. The predicted octanol–water partition coefficient (Wildman–Crippen LogP) is 3.38. The maximum absolute atomic E-state index is 12.4. The van der Waals surface area contributed by atoms with Gasteiger partial charge in [0, 0.05) is 5.56 Å². The number of aryl methyl sites for hydroxylation is 1. The maximum Gasteiger partial charge on any atom is 0.310 e. The summed E-state index contributed by atoms with van der Waals surface area (Å²) in [6.45, 7) is 3.50. The van der Waals surface area contributed by atoms with Gasteiger partial charge in [-0.25, -0.2) is 0 Å². The highest BCUT2D eigenvalue weighted by molar-refractivity contribution is 6.00. The van der Waals surface area contributed by atoms with Gasteiger partial charge in [0.25, 0.3) is 0 Å². The van der Waals surface area contributed by atoms with Gasteiger partial charge in [-0.15, -0.1) is 0 Å². The molecule has 1 atom stereocenters. The number of carbonyl (C=O) groups is 2. The second-order valence-corrected chi connectivity index (χ2v) is 6.07. The average Bonchev–Trinajstić information content (AvgIpc) is 2.66. The molecule has 0 saturated carbocycles. The van der Waals surface area contributed by atoms with Crippen LogP contribution in [0, 0.1) is 6.92 Å². The van der Waals surface area contributed by atoms with Crippen LogP contribution >= 0.6 is 0 Å². The minimum Gasteiger partial charge on any atom is -0.493 e. The van der Waals surface area contributed by atoms with Crippen molar-refractivity contribution in [3.8, 4) is 17.2 Å². The molecule has 0 aliphatic rings. The molecule has 2 aromatic rings. The van der Waals surface area contributed by atoms with Crippen LogP contribution in [-0.2, 0) is 16.0 Å². The fourth-order valence-corrected chi connectivity index (χ4v) is 2.65. The Hall–Kier alpha value is -3.02. The van der Waals surface area contributed by atoms with Crippen LogP contribution in [0.25, 0.3) is 0 Å². The first kappa shape index (κ1) is 20.3. The van der Waals surface area contributed by atoms with Gasteiger partial charge in [-0.05, 0) is 31.5 Å². The summed E-state index contributed by atoms with van der Waals surface area (Å²) in [6.07, 6.45) is -0.898. The van der Waals surface area contributed by atoms with Gasteiger partial charge in [0.15, 0.2) is 17.6 Å². The molecule has 6 nitrogen and oxygen atoms in total. The van der Waals surface area contributed by atoms with Gasteiger partial charge in [0.1, 0.15) is 0 Å². The summed E-state index contributed by atoms with van der Waals surface area (Å²) in [7, 11) is 4.51. The van der Waals surface area contributed by atoms with Crippen LogP contribution in [0.3, 0.4) is 0 Å². The average molecular weight is 372 g/mol. The van der Waals surface area contributed by atoms with E-state index in [1.807, 2.05) is 19.1 Å². The van der Waals surface area contributed by atoms with Crippen molar-refractivity contribution in [2.24, 2.45) is 0 Å². The standard InChI is InChI=1S/C21H24O6/c1-13-6-8-16(9-7-13)20(23)14(2)27-19(22)12-15-10-17(24-3)21(26-5)18(11-15)25-4/h6-11,14H,12H2,1-5H3/t14-/m0/s1. The first-order chi connectivity index (χ1) is 12.9. The number of Topliss-reactive ketones (excluding diaryl/α,β-unsaturated/α-hetero) is 1. The molecule has 2 rings (SSSR count). The normalized spacial score (nSPS) is 11.4. The summed E-state index contributed by atoms with van der Waals surface area (Å²) in [4.78, 5) is 24.7. The number of ether oxygens (including phenoxy) is 4. The van der Waals surface area contributed by atoms with E-state index in [0.29, 0.717) is 28.4 Å². The molecule has 0 fully saturated rings. The number of benzene rings is 2. The smallest absolute Gasteiger partial charge is 0.310 e. The van der Waals surface area contributed by atoms with E-state index < -0.39 is 12.1 Å². The topological polar surface area (TPSA) is 71.1 Å². The molecule has 0 spiro atoms. The summed E-state index contributed by atoms with van der Waals surface area (Å²) in [6, 6.07) is 10.5. The third-order valence-electron chi connectivity index (χ3n) is 4.09. The predicted molar refractivity (Wildman–Crippen MR) is 101 cm³/mol. The summed E-state index contributed by atoms with van der Waals surface area (Å²) in [5.41, 5.74) is 2.19. The zero-order chi connectivity index (χ0) is 20.0. The van der Waals surface area contributed by atoms with Crippen LogP contribution in [0.5, 0.6) is 17.2 Å². The molecule has 0 radical (unpaired) electrons. The van der Waals surface area contributed by atoms with E-state index >= 15 is 0 Å². The van der Waals surface area contributed by atoms with Crippen molar-refractivity contribution < 1.29 is 28.5 Å². The third kappa shape index (κ3) is 5.00. The summed E-state index contributed by atoms with van der Waals surface area (Å²) >= 11 is 0. The minimum atomic E-state index is -0.873. The highest BCUT2D eigenvalue weighted by Gasteiger charge is 2.21. The van der Waals surface area contributed by atoms with E-state index in [4.69, 9.17) is 18.9 Å². The van der Waals surface area contributed by atoms with Gasteiger partial charge < -0.3 is 18.9 Å². The molecule has 6 heteroatoms. The molecule has 0 bridgehead atoms. The molecule has 0 saturated heterocycles. The molecule has 0 aliphatic heterocycles. The number of esters is 1. The molecule has 0 aromatic heterocycles. The Morgan fingerprint density at radius 1 is 0.926 bits per heavy atom. The van der Waals surface area contributed by atoms with E-state index in [-0.39, 0.29) is 12.2 Å². The monoisotopic (exact) mass is 372 g/mol. The van der Waals surface area contributed by atoms with Gasteiger partial charge in [0.2, 0.25) is 11.5 Å². The lowest BCUT2D eigenvalue weighted by Crippen LogP contribution is -2.25. The van der Waals surface area contributed by atoms with Gasteiger partial charge in [0.05, 0.1) is 27.8 Å². The van der Waals surface area contributed by atoms with E-state index in [1.165, 1.54) is 21.3 Å². The van der Waals surface area contributed by atoms with Gasteiger partial charge in [-0.3, -0.25) is 9.59 Å². The van der Waals surface area contributed by atoms with Crippen LogP contribution in [0.2, 0.25) is 0 Å². The zero-order valence-corrected chi connectivity index (χ0v) is 16.2. The van der Waals surface area contributed by atoms with Crippen molar-refractivity contribution in [2.45, 2.75) is 26.4 Å². The Balaban J connectivity index is 2.08. The Labute approximate surface area is 159 Å². The number of hydrogen-bond acceptors (Lipinski definition) is 6. The lowest BCUT2D eigenvalue weighted by atomic mass is 10.1. The van der Waals surface area contributed by atoms with Crippen molar-refractivity contribution in [1.82, 2.24) is 0 Å². The Bertz CT molecular complexity index is 785. The van der Waals surface area contributed by atoms with Crippen molar-refractivity contribution >= 4 is 11.8 Å². The van der Waals surface area contributed by atoms with Crippen molar-refractivity contribution in [3.05, 3.63) is 53.1 Å². The van der Waals surface area contributed by atoms with Crippen molar-refractivity contribution in [1.29, 1.82) is 0 Å². The van der Waals surface area contributed by atoms with Crippen LogP contribution < -0.4 is 14.2 Å². The van der Waals surface area contributed by atoms with Gasteiger partial charge >= 0.3 is 5.97 Å². The quantitative estimate of drug-likeness (QED) is 0.523. The largest absolute Gasteiger partial charge is 0.493 e. The SMILES string of the molecule is COc1cc(CC(=O)O[C@@H](C)C(=O)c2ccc(C)cc2)cc(OC)c1OC. The Morgan fingerprint density at radius 2 is 1.48 bits per heavy atom. The van der Waals surface area contributed by atoms with Crippen LogP contribution in [0.1, 0.15) is 28.4 Å². The number of rotatable bonds is 8. The number of hydrogen-bond donors (Lipinski definition) is 0. The Morgan fingerprint density at radius 3 is 1.96 bits per heavy atom. The molecule has 0 amide bonds. The third-order valence-corrected chi connectivity index (χ3v) is 4.09. The molecular weight excluding hydrogens is 348 g/mol. The maximum atomic E-state index is 12.4. The number of carbonyl (C=O) groups excluding carboxylic acids is 2. The van der Waals surface area contributed by atoms with Crippen molar-refractivity contribution in [3.63, 3.8) is 0 Å². The molecule has 0 aliphatic carbocycles. The second kappa shape index (κ2) is 9.07. The number of methoxy groups -OCH3 is 3. The molecule has 0 unspecified atom stereocenters. The molecule has 27 heavy (non-hydrogen) atoms. The molecule has 2 aromatic carbocycles. The number of ketones is 1. The summed E-state index contributed by atoms with van der Waals surface area (Å²) in [5, 5.41) is 0. The van der Waals surface area contributed by atoms with Gasteiger partial charge in [-0.2, -0.15) is 0 Å². The lowest BCUT2D eigenvalue weighted by Gasteiger charge is -2.15. The van der Waals surface area contributed by atoms with Crippen molar-refractivity contribution in [2.75, 3.05) is 21.3 Å². The summed E-state index contributed by atoms with van der Waals surface area (Å²) < 4.78 is 21.1. The van der Waals surface area contributed by atoms with Gasteiger partial charge in [-0.1, -0.05) is 29.8 Å². The van der Waals surface area contributed by atoms with Crippen LogP contribution in [-0.4, -0.2) is 39.2 Å². The van der Waals surface area contributed by atoms with E-state index in [0.717, 1.165) is 5.56 Å². The second-order valence-electron chi connectivity index (χ2n) is 6.07. The Kier molecular flexibility index (Phi) is 6.82. The molecular formula is C21H24O6. The first-order valence-electron chi connectivity index (χ1n) is 8.48.